The summed E-state index contributed by atoms with van der Waals surface area (Å²) in [7, 11) is 0. The minimum absolute atomic E-state index is 0.165. The van der Waals surface area contributed by atoms with Gasteiger partial charge in [-0.15, -0.1) is 13.2 Å². The molecule has 3 aliphatic rings. The van der Waals surface area contributed by atoms with Gasteiger partial charge in [-0.1, -0.05) is 19.1 Å². The Hall–Kier alpha value is -1.69. The molecule has 4 rings (SSSR count). The van der Waals surface area contributed by atoms with Crippen molar-refractivity contribution >= 4 is 5.69 Å². The number of nitrogens with zero attached hydrogens (tertiary/aromatic N) is 2. The summed E-state index contributed by atoms with van der Waals surface area (Å²) >= 11 is 0. The summed E-state index contributed by atoms with van der Waals surface area (Å²) in [5.41, 5.74) is 2.70. The van der Waals surface area contributed by atoms with Crippen molar-refractivity contribution < 1.29 is 17.9 Å². The zero-order chi connectivity index (χ0) is 19.2. The first-order chi connectivity index (χ1) is 12.7. The van der Waals surface area contributed by atoms with Gasteiger partial charge in [-0.05, 0) is 55.9 Å². The monoisotopic (exact) mass is 380 g/mol. The highest BCUT2D eigenvalue weighted by atomic mass is 19.4. The molecule has 2 atom stereocenters. The smallest absolute Gasteiger partial charge is 0.406 e. The van der Waals surface area contributed by atoms with E-state index in [9.17, 15) is 13.2 Å². The third-order valence-corrected chi connectivity index (χ3v) is 6.59. The minimum atomic E-state index is -4.64. The Balaban J connectivity index is 1.31. The average Bonchev–Trinajstić information content (AvgIpc) is 3.01. The number of ether oxygens (including phenoxy) is 1. The van der Waals surface area contributed by atoms with Crippen LogP contribution in [0.15, 0.2) is 36.4 Å². The molecule has 148 valence electrons. The van der Waals surface area contributed by atoms with Gasteiger partial charge in [0.25, 0.3) is 0 Å². The topological polar surface area (TPSA) is 15.7 Å². The Morgan fingerprint density at radius 3 is 2.44 bits per heavy atom. The molecule has 1 aliphatic carbocycles. The number of likely N-dealkylation sites (tertiary alicyclic amines) is 1. The van der Waals surface area contributed by atoms with Crippen LogP contribution in [0.4, 0.5) is 18.9 Å². The van der Waals surface area contributed by atoms with Crippen molar-refractivity contribution in [2.75, 3.05) is 31.1 Å². The van der Waals surface area contributed by atoms with Crippen LogP contribution in [0.3, 0.4) is 0 Å². The van der Waals surface area contributed by atoms with E-state index in [1.165, 1.54) is 30.5 Å². The predicted octanol–water partition coefficient (Wildman–Crippen LogP) is 4.84. The number of benzene rings is 1. The molecule has 0 amide bonds. The lowest BCUT2D eigenvalue weighted by molar-refractivity contribution is -0.274. The van der Waals surface area contributed by atoms with E-state index < -0.39 is 6.36 Å². The van der Waals surface area contributed by atoms with Gasteiger partial charge in [0.1, 0.15) is 5.75 Å². The maximum Gasteiger partial charge on any atom is 0.573 e. The molecular weight excluding hydrogens is 353 g/mol. The standard InChI is InChI=1S/C21H27F3N2O/c1-15-3-4-18(11-16(15)2)26-13-20(14-26)9-10-25(12-20)17-5-7-19(8-6-17)27-21(22,23)24/h5-8,15,18H,2-4,9-14H2,1H3. The largest absolute Gasteiger partial charge is 0.573 e. The fraction of sp³-hybridized carbons (Fsp3) is 0.619. The highest BCUT2D eigenvalue weighted by molar-refractivity contribution is 5.50. The zero-order valence-electron chi connectivity index (χ0n) is 15.8. The molecule has 6 heteroatoms. The maximum absolute atomic E-state index is 12.3. The third kappa shape index (κ3) is 3.96. The molecule has 2 heterocycles. The van der Waals surface area contributed by atoms with E-state index in [0.717, 1.165) is 44.7 Å². The summed E-state index contributed by atoms with van der Waals surface area (Å²) in [4.78, 5) is 4.90. The summed E-state index contributed by atoms with van der Waals surface area (Å²) in [6.07, 6.45) is 0.138. The van der Waals surface area contributed by atoms with Crippen molar-refractivity contribution in [1.82, 2.24) is 4.90 Å². The SMILES string of the molecule is C=C1CC(N2CC3(CCN(c4ccc(OC(F)(F)F)cc4)C3)C2)CCC1C. The molecule has 2 aliphatic heterocycles. The van der Waals surface area contributed by atoms with Crippen LogP contribution in [0.1, 0.15) is 32.6 Å². The fourth-order valence-corrected chi connectivity index (χ4v) is 4.91. The van der Waals surface area contributed by atoms with Crippen molar-refractivity contribution in [1.29, 1.82) is 0 Å². The second-order valence-electron chi connectivity index (χ2n) is 8.61. The molecule has 1 aromatic rings. The molecule has 0 aromatic heterocycles. The first-order valence-electron chi connectivity index (χ1n) is 9.76. The zero-order valence-corrected chi connectivity index (χ0v) is 15.8. The van der Waals surface area contributed by atoms with Crippen LogP contribution in [0.2, 0.25) is 0 Å². The number of halogens is 3. The van der Waals surface area contributed by atoms with Gasteiger partial charge in [0.15, 0.2) is 0 Å². The highest BCUT2D eigenvalue weighted by Gasteiger charge is 2.49. The molecule has 2 saturated heterocycles. The lowest BCUT2D eigenvalue weighted by atomic mass is 9.75. The molecule has 2 unspecified atom stereocenters. The molecular formula is C21H27F3N2O. The summed E-state index contributed by atoms with van der Waals surface area (Å²) in [5, 5.41) is 0. The Kier molecular flexibility index (Phi) is 4.65. The van der Waals surface area contributed by atoms with E-state index >= 15 is 0 Å². The van der Waals surface area contributed by atoms with Gasteiger partial charge in [0.2, 0.25) is 0 Å². The molecule has 1 aromatic carbocycles. The van der Waals surface area contributed by atoms with Crippen LogP contribution in [0.25, 0.3) is 0 Å². The number of alkyl halides is 3. The van der Waals surface area contributed by atoms with Crippen LogP contribution < -0.4 is 9.64 Å². The van der Waals surface area contributed by atoms with Crippen LogP contribution in [0.5, 0.6) is 5.75 Å². The van der Waals surface area contributed by atoms with Gasteiger partial charge >= 0.3 is 6.36 Å². The minimum Gasteiger partial charge on any atom is -0.406 e. The van der Waals surface area contributed by atoms with Gasteiger partial charge in [-0.2, -0.15) is 0 Å². The first kappa shape index (κ1) is 18.7. The van der Waals surface area contributed by atoms with Crippen molar-refractivity contribution in [3.63, 3.8) is 0 Å². The molecule has 0 N–H and O–H groups in total. The van der Waals surface area contributed by atoms with E-state index in [-0.39, 0.29) is 5.75 Å². The van der Waals surface area contributed by atoms with Gasteiger partial charge in [0, 0.05) is 43.3 Å². The van der Waals surface area contributed by atoms with Crippen molar-refractivity contribution in [2.24, 2.45) is 11.3 Å². The highest BCUT2D eigenvalue weighted by Crippen LogP contribution is 2.44. The van der Waals surface area contributed by atoms with Crippen LogP contribution in [-0.2, 0) is 0 Å². The molecule has 3 nitrogen and oxygen atoms in total. The summed E-state index contributed by atoms with van der Waals surface area (Å²) < 4.78 is 40.8. The number of anilines is 1. The van der Waals surface area contributed by atoms with E-state index in [4.69, 9.17) is 0 Å². The van der Waals surface area contributed by atoms with E-state index in [2.05, 4.69) is 28.0 Å². The van der Waals surface area contributed by atoms with E-state index in [1.54, 1.807) is 12.1 Å². The van der Waals surface area contributed by atoms with E-state index in [1.807, 2.05) is 0 Å². The molecule has 0 radical (unpaired) electrons. The first-order valence-corrected chi connectivity index (χ1v) is 9.76. The molecule has 1 spiro atoms. The van der Waals surface area contributed by atoms with Gasteiger partial charge in [-0.25, -0.2) is 0 Å². The van der Waals surface area contributed by atoms with Crippen LogP contribution in [0, 0.1) is 11.3 Å². The quantitative estimate of drug-likeness (QED) is 0.698. The summed E-state index contributed by atoms with van der Waals surface area (Å²) in [6.45, 7) is 10.7. The van der Waals surface area contributed by atoms with Crippen molar-refractivity contribution in [3.8, 4) is 5.75 Å². The predicted molar refractivity (Wildman–Crippen MR) is 99.9 cm³/mol. The normalized spacial score (nSPS) is 28.4. The average molecular weight is 380 g/mol. The number of hydrogen-bond donors (Lipinski definition) is 0. The molecule has 3 fully saturated rings. The third-order valence-electron chi connectivity index (χ3n) is 6.59. The van der Waals surface area contributed by atoms with Gasteiger partial charge < -0.3 is 9.64 Å². The Morgan fingerprint density at radius 2 is 1.81 bits per heavy atom. The second kappa shape index (κ2) is 6.73. The molecule has 0 bridgehead atoms. The Bertz CT molecular complexity index is 694. The molecule has 1 saturated carbocycles. The van der Waals surface area contributed by atoms with Gasteiger partial charge in [-0.3, -0.25) is 4.90 Å². The van der Waals surface area contributed by atoms with Crippen molar-refractivity contribution in [2.45, 2.75) is 45.0 Å². The van der Waals surface area contributed by atoms with Gasteiger partial charge in [0.05, 0.1) is 0 Å². The summed E-state index contributed by atoms with van der Waals surface area (Å²) in [6, 6.07) is 6.89. The molecule has 27 heavy (non-hydrogen) atoms. The second-order valence-corrected chi connectivity index (χ2v) is 8.61. The van der Waals surface area contributed by atoms with Crippen LogP contribution >= 0.6 is 0 Å². The lowest BCUT2D eigenvalue weighted by Crippen LogP contribution is -2.61. The lowest BCUT2D eigenvalue weighted by Gasteiger charge is -2.53. The fourth-order valence-electron chi connectivity index (χ4n) is 4.91. The summed E-state index contributed by atoms with van der Waals surface area (Å²) in [5.74, 6) is 0.490. The number of hydrogen-bond acceptors (Lipinski definition) is 3. The Morgan fingerprint density at radius 1 is 1.11 bits per heavy atom. The Labute approximate surface area is 158 Å². The van der Waals surface area contributed by atoms with Crippen molar-refractivity contribution in [3.05, 3.63) is 36.4 Å². The maximum atomic E-state index is 12.3. The number of rotatable bonds is 3. The van der Waals surface area contributed by atoms with Crippen LogP contribution in [-0.4, -0.2) is 43.5 Å². The van der Waals surface area contributed by atoms with E-state index in [0.29, 0.717) is 17.4 Å².